The van der Waals surface area contributed by atoms with Crippen LogP contribution < -0.4 is 15.4 Å². The summed E-state index contributed by atoms with van der Waals surface area (Å²) in [5, 5.41) is 6.07. The fourth-order valence-corrected chi connectivity index (χ4v) is 3.04. The summed E-state index contributed by atoms with van der Waals surface area (Å²) >= 11 is 0. The molecule has 0 aromatic heterocycles. The van der Waals surface area contributed by atoms with E-state index in [1.165, 1.54) is 4.90 Å². The van der Waals surface area contributed by atoms with Gasteiger partial charge in [-0.3, -0.25) is 9.69 Å². The van der Waals surface area contributed by atoms with Crippen molar-refractivity contribution in [3.63, 3.8) is 0 Å². The normalized spacial score (nSPS) is 22.8. The molecule has 3 amide bonds. The highest BCUT2D eigenvalue weighted by Crippen LogP contribution is 2.25. The van der Waals surface area contributed by atoms with Gasteiger partial charge >= 0.3 is 6.03 Å². The third-order valence-electron chi connectivity index (χ3n) is 4.37. The molecule has 118 valence electrons. The van der Waals surface area contributed by atoms with E-state index in [1.54, 1.807) is 19.2 Å². The fraction of sp³-hybridized carbons (Fsp3) is 0.500. The average molecular weight is 303 g/mol. The molecule has 2 saturated heterocycles. The lowest BCUT2D eigenvalue weighted by molar-refractivity contribution is -0.128. The van der Waals surface area contributed by atoms with Gasteiger partial charge in [0.05, 0.1) is 7.11 Å². The van der Waals surface area contributed by atoms with Crippen molar-refractivity contribution < 1.29 is 14.3 Å². The Kier molecular flexibility index (Phi) is 4.29. The molecule has 6 nitrogen and oxygen atoms in total. The molecule has 1 unspecified atom stereocenters. The molecule has 2 aliphatic rings. The van der Waals surface area contributed by atoms with Crippen LogP contribution in [-0.4, -0.2) is 43.6 Å². The van der Waals surface area contributed by atoms with Gasteiger partial charge in [0.25, 0.3) is 5.91 Å². The number of ether oxygens (including phenoxy) is 1. The largest absolute Gasteiger partial charge is 0.497 e. The second kappa shape index (κ2) is 6.36. The molecule has 0 bridgehead atoms. The van der Waals surface area contributed by atoms with Crippen molar-refractivity contribution in [2.45, 2.75) is 18.9 Å². The molecule has 6 heteroatoms. The number of carbonyl (C=O) groups is 2. The van der Waals surface area contributed by atoms with Crippen molar-refractivity contribution in [2.24, 2.45) is 5.92 Å². The summed E-state index contributed by atoms with van der Waals surface area (Å²) < 4.78 is 5.11. The second-order valence-electron chi connectivity index (χ2n) is 5.80. The van der Waals surface area contributed by atoms with Crippen LogP contribution in [-0.2, 0) is 4.79 Å². The molecular formula is C16H21N3O3. The first-order chi connectivity index (χ1) is 10.7. The molecule has 2 aliphatic heterocycles. The number of benzene rings is 1. The Bertz CT molecular complexity index is 552. The quantitative estimate of drug-likeness (QED) is 0.822. The molecule has 0 aliphatic carbocycles. The van der Waals surface area contributed by atoms with Gasteiger partial charge < -0.3 is 15.4 Å². The number of rotatable bonds is 4. The smallest absolute Gasteiger partial charge is 0.325 e. The van der Waals surface area contributed by atoms with Crippen molar-refractivity contribution in [3.8, 4) is 5.75 Å². The number of carbonyl (C=O) groups excluding carboxylic acids is 2. The van der Waals surface area contributed by atoms with Gasteiger partial charge in [-0.2, -0.15) is 0 Å². The van der Waals surface area contributed by atoms with Gasteiger partial charge in [0, 0.05) is 6.54 Å². The van der Waals surface area contributed by atoms with E-state index in [0.717, 1.165) is 37.2 Å². The number of hydrogen-bond acceptors (Lipinski definition) is 4. The third-order valence-corrected chi connectivity index (χ3v) is 4.37. The zero-order valence-electron chi connectivity index (χ0n) is 12.7. The number of piperidine rings is 1. The van der Waals surface area contributed by atoms with Crippen molar-refractivity contribution in [2.75, 3.05) is 26.7 Å². The van der Waals surface area contributed by atoms with E-state index in [1.807, 2.05) is 12.1 Å². The van der Waals surface area contributed by atoms with Crippen LogP contribution in [0.15, 0.2) is 24.3 Å². The lowest BCUT2D eigenvalue weighted by atomic mass is 9.97. The molecule has 22 heavy (non-hydrogen) atoms. The van der Waals surface area contributed by atoms with Gasteiger partial charge in [-0.1, -0.05) is 12.1 Å². The molecule has 2 heterocycles. The molecule has 2 N–H and O–H groups in total. The molecule has 1 atom stereocenters. The van der Waals surface area contributed by atoms with E-state index in [0.29, 0.717) is 12.5 Å². The number of nitrogens with zero attached hydrogens (tertiary/aromatic N) is 1. The van der Waals surface area contributed by atoms with Gasteiger partial charge in [0.15, 0.2) is 0 Å². The Morgan fingerprint density at radius 2 is 1.86 bits per heavy atom. The number of imide groups is 1. The van der Waals surface area contributed by atoms with Gasteiger partial charge in [-0.25, -0.2) is 4.79 Å². The first-order valence-corrected chi connectivity index (χ1v) is 7.65. The van der Waals surface area contributed by atoms with Gasteiger partial charge in [0.2, 0.25) is 0 Å². The van der Waals surface area contributed by atoms with Crippen LogP contribution in [0.4, 0.5) is 4.79 Å². The van der Waals surface area contributed by atoms with Gasteiger partial charge in [-0.05, 0) is 49.5 Å². The van der Waals surface area contributed by atoms with Crippen LogP contribution >= 0.6 is 0 Å². The minimum Gasteiger partial charge on any atom is -0.497 e. The Hall–Kier alpha value is -2.08. The first-order valence-electron chi connectivity index (χ1n) is 7.65. The van der Waals surface area contributed by atoms with Crippen LogP contribution in [0.25, 0.3) is 0 Å². The zero-order valence-corrected chi connectivity index (χ0v) is 12.7. The van der Waals surface area contributed by atoms with Crippen LogP contribution in [0.1, 0.15) is 24.4 Å². The topological polar surface area (TPSA) is 70.7 Å². The standard InChI is InChI=1S/C16H21N3O3/c1-22-13-4-2-12(3-5-13)14-15(20)19(16(21)18-14)10-11-6-8-17-9-7-11/h2-5,11,14,17H,6-10H2,1H3,(H,18,21). The molecule has 3 rings (SSSR count). The number of methoxy groups -OCH3 is 1. The van der Waals surface area contributed by atoms with Gasteiger partial charge in [-0.15, -0.1) is 0 Å². The Labute approximate surface area is 129 Å². The van der Waals surface area contributed by atoms with E-state index >= 15 is 0 Å². The second-order valence-corrected chi connectivity index (χ2v) is 5.80. The molecule has 0 saturated carbocycles. The molecule has 0 radical (unpaired) electrons. The molecule has 1 aromatic rings. The fourth-order valence-electron chi connectivity index (χ4n) is 3.04. The summed E-state index contributed by atoms with van der Waals surface area (Å²) in [6, 6.07) is 6.35. The maximum atomic E-state index is 12.5. The van der Waals surface area contributed by atoms with E-state index in [9.17, 15) is 9.59 Å². The maximum absolute atomic E-state index is 12.5. The predicted molar refractivity (Wildman–Crippen MR) is 81.6 cm³/mol. The summed E-state index contributed by atoms with van der Waals surface area (Å²) in [6.45, 7) is 2.42. The minimum absolute atomic E-state index is 0.159. The average Bonchev–Trinajstić information content (AvgIpc) is 2.84. The highest BCUT2D eigenvalue weighted by atomic mass is 16.5. The van der Waals surface area contributed by atoms with Crippen LogP contribution in [0, 0.1) is 5.92 Å². The third kappa shape index (κ3) is 2.92. The number of hydrogen-bond donors (Lipinski definition) is 2. The summed E-state index contributed by atoms with van der Waals surface area (Å²) in [5.74, 6) is 0.964. The van der Waals surface area contributed by atoms with Crippen LogP contribution in [0.5, 0.6) is 5.75 Å². The SMILES string of the molecule is COc1ccc(C2NC(=O)N(CC3CCNCC3)C2=O)cc1. The summed E-state index contributed by atoms with van der Waals surface area (Å²) in [6.07, 6.45) is 2.01. The monoisotopic (exact) mass is 303 g/mol. The highest BCUT2D eigenvalue weighted by Gasteiger charge is 2.39. The van der Waals surface area contributed by atoms with Crippen molar-refractivity contribution >= 4 is 11.9 Å². The molecule has 0 spiro atoms. The lowest BCUT2D eigenvalue weighted by Gasteiger charge is -2.25. The van der Waals surface area contributed by atoms with E-state index in [-0.39, 0.29) is 11.9 Å². The van der Waals surface area contributed by atoms with E-state index < -0.39 is 6.04 Å². The lowest BCUT2D eigenvalue weighted by Crippen LogP contribution is -2.39. The van der Waals surface area contributed by atoms with E-state index in [4.69, 9.17) is 4.74 Å². The molecule has 2 fully saturated rings. The van der Waals surface area contributed by atoms with Crippen molar-refractivity contribution in [1.82, 2.24) is 15.5 Å². The zero-order chi connectivity index (χ0) is 15.5. The number of amides is 3. The Morgan fingerprint density at radius 3 is 2.50 bits per heavy atom. The summed E-state index contributed by atoms with van der Waals surface area (Å²) in [7, 11) is 1.60. The highest BCUT2D eigenvalue weighted by molar-refractivity contribution is 6.04. The van der Waals surface area contributed by atoms with Crippen LogP contribution in [0.2, 0.25) is 0 Å². The summed E-state index contributed by atoms with van der Waals surface area (Å²) in [4.78, 5) is 26.0. The Morgan fingerprint density at radius 1 is 1.18 bits per heavy atom. The molecular weight excluding hydrogens is 282 g/mol. The Balaban J connectivity index is 1.69. The van der Waals surface area contributed by atoms with Crippen molar-refractivity contribution in [1.29, 1.82) is 0 Å². The van der Waals surface area contributed by atoms with Gasteiger partial charge in [0.1, 0.15) is 11.8 Å². The number of urea groups is 1. The maximum Gasteiger partial charge on any atom is 0.325 e. The summed E-state index contributed by atoms with van der Waals surface area (Å²) in [5.41, 5.74) is 0.784. The number of nitrogens with one attached hydrogen (secondary N) is 2. The predicted octanol–water partition coefficient (Wildman–Crippen LogP) is 1.29. The van der Waals surface area contributed by atoms with Crippen molar-refractivity contribution in [3.05, 3.63) is 29.8 Å². The van der Waals surface area contributed by atoms with E-state index in [2.05, 4.69) is 10.6 Å². The first kappa shape index (κ1) is 14.8. The molecule has 1 aromatic carbocycles. The van der Waals surface area contributed by atoms with Crippen LogP contribution in [0.3, 0.4) is 0 Å². The minimum atomic E-state index is -0.583.